The van der Waals surface area contributed by atoms with Crippen LogP contribution in [0, 0.1) is 10.5 Å². The maximum atomic E-state index is 11.8. The van der Waals surface area contributed by atoms with Gasteiger partial charge in [0.2, 0.25) is 5.91 Å². The smallest absolute Gasteiger partial charge is 0.422 e. The molecule has 0 saturated carbocycles. The molecule has 0 heterocycles. The van der Waals surface area contributed by atoms with Crippen LogP contribution in [0.3, 0.4) is 0 Å². The molecule has 0 saturated heterocycles. The quantitative estimate of drug-likeness (QED) is 0.743. The summed E-state index contributed by atoms with van der Waals surface area (Å²) >= 11 is 2.12. The highest BCUT2D eigenvalue weighted by Gasteiger charge is 2.29. The third-order valence-corrected chi connectivity index (χ3v) is 2.89. The normalized spacial score (nSPS) is 10.9. The number of nitrogens with one attached hydrogen (secondary N) is 2. The minimum absolute atomic E-state index is 0.484. The Kier molecular flexibility index (Phi) is 6.24. The number of carbonyl (C=O) groups excluding carboxylic acids is 2. The molecule has 0 atom stereocenters. The number of halogens is 4. The molecule has 116 valence electrons. The average Bonchev–Trinajstić information content (AvgIpc) is 2.36. The molecule has 0 bridgehead atoms. The van der Waals surface area contributed by atoms with Crippen LogP contribution in [-0.4, -0.2) is 31.3 Å². The number of hydrogen-bond donors (Lipinski definition) is 2. The molecule has 5 nitrogen and oxygen atoms in total. The van der Waals surface area contributed by atoms with Crippen molar-refractivity contribution in [1.82, 2.24) is 5.32 Å². The van der Waals surface area contributed by atoms with Crippen molar-refractivity contribution >= 4 is 40.3 Å². The maximum Gasteiger partial charge on any atom is 0.422 e. The fraction of sp³-hybridized carbons (Fsp3) is 0.333. The van der Waals surface area contributed by atoms with E-state index in [-0.39, 0.29) is 0 Å². The third-order valence-electron chi connectivity index (χ3n) is 2.22. The van der Waals surface area contributed by atoms with Crippen LogP contribution in [-0.2, 0) is 9.53 Å². The van der Waals surface area contributed by atoms with E-state index in [1.54, 1.807) is 19.1 Å². The van der Waals surface area contributed by atoms with Gasteiger partial charge in [-0.3, -0.25) is 4.79 Å². The molecule has 1 aromatic rings. The van der Waals surface area contributed by atoms with Crippen LogP contribution in [0.2, 0.25) is 0 Å². The van der Waals surface area contributed by atoms with Crippen molar-refractivity contribution < 1.29 is 27.5 Å². The lowest BCUT2D eigenvalue weighted by molar-refractivity contribution is -0.160. The fourth-order valence-corrected chi connectivity index (χ4v) is 1.96. The molecule has 0 aliphatic rings. The van der Waals surface area contributed by atoms with Crippen molar-refractivity contribution in [2.24, 2.45) is 0 Å². The topological polar surface area (TPSA) is 67.4 Å². The van der Waals surface area contributed by atoms with Gasteiger partial charge in [0.15, 0.2) is 6.61 Å². The predicted octanol–water partition coefficient (Wildman–Crippen LogP) is 2.83. The summed E-state index contributed by atoms with van der Waals surface area (Å²) in [5, 5.41) is 4.46. The van der Waals surface area contributed by atoms with Crippen LogP contribution in [0.15, 0.2) is 18.2 Å². The summed E-state index contributed by atoms with van der Waals surface area (Å²) in [6.45, 7) is -0.387. The Bertz CT molecular complexity index is 535. The lowest BCUT2D eigenvalue weighted by Crippen LogP contribution is -2.35. The number of rotatable bonds is 4. The number of alkyl halides is 3. The SMILES string of the molecule is Cc1cc(I)ccc1NC(=O)CNC(=O)OCC(F)(F)F. The number of aryl methyl sites for hydroxylation is 1. The maximum absolute atomic E-state index is 11.8. The summed E-state index contributed by atoms with van der Waals surface area (Å²) < 4.78 is 40.3. The minimum Gasteiger partial charge on any atom is -0.440 e. The van der Waals surface area contributed by atoms with E-state index in [0.717, 1.165) is 9.13 Å². The first-order valence-electron chi connectivity index (χ1n) is 5.71. The molecule has 0 aromatic heterocycles. The van der Waals surface area contributed by atoms with Crippen molar-refractivity contribution in [3.8, 4) is 0 Å². The van der Waals surface area contributed by atoms with Gasteiger partial charge in [-0.05, 0) is 53.3 Å². The molecule has 0 unspecified atom stereocenters. The van der Waals surface area contributed by atoms with Crippen LogP contribution in [0.5, 0.6) is 0 Å². The number of anilines is 1. The lowest BCUT2D eigenvalue weighted by atomic mass is 10.2. The second-order valence-electron chi connectivity index (χ2n) is 4.05. The van der Waals surface area contributed by atoms with Crippen molar-refractivity contribution in [2.75, 3.05) is 18.5 Å². The second-order valence-corrected chi connectivity index (χ2v) is 5.30. The molecule has 0 radical (unpaired) electrons. The van der Waals surface area contributed by atoms with Gasteiger partial charge in [-0.15, -0.1) is 0 Å². The molecule has 0 aliphatic heterocycles. The van der Waals surface area contributed by atoms with Crippen molar-refractivity contribution in [1.29, 1.82) is 0 Å². The van der Waals surface area contributed by atoms with Gasteiger partial charge in [0.25, 0.3) is 0 Å². The predicted molar refractivity (Wildman–Crippen MR) is 77.9 cm³/mol. The molecule has 21 heavy (non-hydrogen) atoms. The lowest BCUT2D eigenvalue weighted by Gasteiger charge is -2.10. The van der Waals surface area contributed by atoms with Gasteiger partial charge in [-0.2, -0.15) is 13.2 Å². The Morgan fingerprint density at radius 2 is 2.00 bits per heavy atom. The number of carbonyl (C=O) groups is 2. The number of hydrogen-bond acceptors (Lipinski definition) is 3. The molecule has 0 fully saturated rings. The van der Waals surface area contributed by atoms with Gasteiger partial charge >= 0.3 is 12.3 Å². The highest BCUT2D eigenvalue weighted by Crippen LogP contribution is 2.17. The van der Waals surface area contributed by atoms with Crippen LogP contribution >= 0.6 is 22.6 Å². The van der Waals surface area contributed by atoms with Crippen LogP contribution in [0.25, 0.3) is 0 Å². The highest BCUT2D eigenvalue weighted by molar-refractivity contribution is 14.1. The summed E-state index contributed by atoms with van der Waals surface area (Å²) in [4.78, 5) is 22.5. The monoisotopic (exact) mass is 416 g/mol. The van der Waals surface area contributed by atoms with Crippen LogP contribution < -0.4 is 10.6 Å². The molecular formula is C12H12F3IN2O3. The fourth-order valence-electron chi connectivity index (χ4n) is 1.31. The van der Waals surface area contributed by atoms with Crippen LogP contribution in [0.1, 0.15) is 5.56 Å². The van der Waals surface area contributed by atoms with Gasteiger partial charge in [0, 0.05) is 9.26 Å². The van der Waals surface area contributed by atoms with Crippen molar-refractivity contribution in [2.45, 2.75) is 13.1 Å². The van der Waals surface area contributed by atoms with E-state index in [0.29, 0.717) is 5.69 Å². The first-order chi connectivity index (χ1) is 9.67. The Morgan fingerprint density at radius 1 is 1.33 bits per heavy atom. The van der Waals surface area contributed by atoms with Crippen molar-refractivity contribution in [3.63, 3.8) is 0 Å². The van der Waals surface area contributed by atoms with Gasteiger partial charge in [0.05, 0.1) is 0 Å². The zero-order valence-corrected chi connectivity index (χ0v) is 13.0. The van der Waals surface area contributed by atoms with E-state index < -0.39 is 31.3 Å². The van der Waals surface area contributed by atoms with E-state index in [9.17, 15) is 22.8 Å². The molecule has 9 heteroatoms. The number of benzene rings is 1. The van der Waals surface area contributed by atoms with Gasteiger partial charge in [-0.25, -0.2) is 4.79 Å². The molecule has 2 amide bonds. The molecule has 1 rings (SSSR count). The third kappa shape index (κ3) is 7.16. The number of ether oxygens (including phenoxy) is 1. The highest BCUT2D eigenvalue weighted by atomic mass is 127. The minimum atomic E-state index is -4.60. The van der Waals surface area contributed by atoms with E-state index in [4.69, 9.17) is 0 Å². The molecular weight excluding hydrogens is 404 g/mol. The standard InChI is InChI=1S/C12H12F3IN2O3/c1-7-4-8(16)2-3-9(7)18-10(19)5-17-11(20)21-6-12(13,14)15/h2-4H,5-6H2,1H3,(H,17,20)(H,18,19). The van der Waals surface area contributed by atoms with Gasteiger partial charge in [-0.1, -0.05) is 0 Å². The van der Waals surface area contributed by atoms with E-state index in [1.165, 1.54) is 0 Å². The van der Waals surface area contributed by atoms with Gasteiger partial charge in [0.1, 0.15) is 6.54 Å². The molecule has 0 spiro atoms. The first kappa shape index (κ1) is 17.5. The number of alkyl carbamates (subject to hydrolysis) is 1. The summed E-state index contributed by atoms with van der Waals surface area (Å²) in [5.74, 6) is -0.566. The Balaban J connectivity index is 2.39. The Hall–Kier alpha value is -1.52. The van der Waals surface area contributed by atoms with Crippen LogP contribution in [0.4, 0.5) is 23.7 Å². The molecule has 1 aromatic carbocycles. The summed E-state index contributed by atoms with van der Waals surface area (Å²) in [5.41, 5.74) is 1.39. The Morgan fingerprint density at radius 3 is 2.57 bits per heavy atom. The van der Waals surface area contributed by atoms with Crippen molar-refractivity contribution in [3.05, 3.63) is 27.3 Å². The van der Waals surface area contributed by atoms with E-state index in [2.05, 4.69) is 32.6 Å². The van der Waals surface area contributed by atoms with E-state index in [1.807, 2.05) is 11.4 Å². The zero-order chi connectivity index (χ0) is 16.0. The second kappa shape index (κ2) is 7.48. The van der Waals surface area contributed by atoms with Gasteiger partial charge < -0.3 is 15.4 Å². The largest absolute Gasteiger partial charge is 0.440 e. The number of amides is 2. The zero-order valence-electron chi connectivity index (χ0n) is 10.9. The summed E-state index contributed by atoms with van der Waals surface area (Å²) in [6, 6.07) is 5.33. The molecule has 2 N–H and O–H groups in total. The first-order valence-corrected chi connectivity index (χ1v) is 6.78. The summed E-state index contributed by atoms with van der Waals surface area (Å²) in [6.07, 6.45) is -5.90. The average molecular weight is 416 g/mol. The Labute approximate surface area is 132 Å². The summed E-state index contributed by atoms with van der Waals surface area (Å²) in [7, 11) is 0. The molecule has 0 aliphatic carbocycles. The van der Waals surface area contributed by atoms with E-state index >= 15 is 0 Å².